The smallest absolute Gasteiger partial charge is 0.0399 e. The van der Waals surface area contributed by atoms with E-state index < -0.39 is 0 Å². The lowest BCUT2D eigenvalue weighted by Crippen LogP contribution is -2.46. The fourth-order valence-electron chi connectivity index (χ4n) is 3.69. The van der Waals surface area contributed by atoms with Gasteiger partial charge in [0.05, 0.1) is 0 Å². The summed E-state index contributed by atoms with van der Waals surface area (Å²) in [5, 5.41) is 3.77. The van der Waals surface area contributed by atoms with Gasteiger partial charge in [-0.1, -0.05) is 18.2 Å². The Bertz CT molecular complexity index is 460. The topological polar surface area (TPSA) is 18.5 Å². The lowest BCUT2D eigenvalue weighted by Gasteiger charge is -2.35. The van der Waals surface area contributed by atoms with Gasteiger partial charge in [-0.25, -0.2) is 0 Å². The molecule has 3 heteroatoms. The Morgan fingerprint density at radius 2 is 2.10 bits per heavy atom. The first kappa shape index (κ1) is 14.9. The summed E-state index contributed by atoms with van der Waals surface area (Å²) in [6, 6.07) is 10.3. The van der Waals surface area contributed by atoms with Crippen LogP contribution in [0.4, 0.5) is 5.69 Å². The maximum absolute atomic E-state index is 3.77. The van der Waals surface area contributed by atoms with Crippen molar-refractivity contribution in [3.63, 3.8) is 0 Å². The maximum Gasteiger partial charge on any atom is 0.0399 e. The van der Waals surface area contributed by atoms with Gasteiger partial charge in [-0.05, 0) is 64.4 Å². The van der Waals surface area contributed by atoms with Gasteiger partial charge >= 0.3 is 0 Å². The van der Waals surface area contributed by atoms with Crippen LogP contribution in [-0.4, -0.2) is 50.2 Å². The minimum Gasteiger partial charge on any atom is -0.371 e. The predicted molar refractivity (Wildman–Crippen MR) is 90.1 cm³/mol. The molecule has 116 valence electrons. The van der Waals surface area contributed by atoms with Gasteiger partial charge in [0.1, 0.15) is 0 Å². The van der Waals surface area contributed by atoms with Crippen molar-refractivity contribution in [2.75, 3.05) is 38.1 Å². The van der Waals surface area contributed by atoms with Crippen molar-refractivity contribution >= 4 is 5.69 Å². The highest BCUT2D eigenvalue weighted by atomic mass is 15.2. The van der Waals surface area contributed by atoms with Crippen LogP contribution in [0, 0.1) is 0 Å². The molecule has 2 unspecified atom stereocenters. The van der Waals surface area contributed by atoms with Gasteiger partial charge < -0.3 is 15.1 Å². The highest BCUT2D eigenvalue weighted by Gasteiger charge is 2.22. The Labute approximate surface area is 129 Å². The minimum atomic E-state index is 0.724. The molecule has 0 aliphatic carbocycles. The van der Waals surface area contributed by atoms with E-state index in [2.05, 4.69) is 53.4 Å². The number of nitrogens with zero attached hydrogens (tertiary/aromatic N) is 2. The number of nitrogens with one attached hydrogen (secondary N) is 1. The van der Waals surface area contributed by atoms with Crippen LogP contribution >= 0.6 is 0 Å². The Morgan fingerprint density at radius 3 is 2.95 bits per heavy atom. The number of hydrogen-bond donors (Lipinski definition) is 1. The molecule has 0 amide bonds. The normalized spacial score (nSPS) is 26.1. The Morgan fingerprint density at radius 1 is 1.24 bits per heavy atom. The van der Waals surface area contributed by atoms with E-state index in [1.165, 1.54) is 56.6 Å². The molecule has 0 spiro atoms. The molecule has 2 heterocycles. The third-order valence-corrected chi connectivity index (χ3v) is 5.23. The van der Waals surface area contributed by atoms with E-state index >= 15 is 0 Å². The number of rotatable bonds is 5. The van der Waals surface area contributed by atoms with Gasteiger partial charge in [-0.15, -0.1) is 0 Å². The molecule has 3 nitrogen and oxygen atoms in total. The van der Waals surface area contributed by atoms with E-state index in [1.54, 1.807) is 0 Å². The zero-order chi connectivity index (χ0) is 14.7. The molecule has 0 bridgehead atoms. The summed E-state index contributed by atoms with van der Waals surface area (Å²) in [6.07, 6.45) is 5.06. The second kappa shape index (κ2) is 6.80. The minimum absolute atomic E-state index is 0.724. The molecule has 1 saturated heterocycles. The molecule has 1 aromatic carbocycles. The van der Waals surface area contributed by atoms with Crippen molar-refractivity contribution in [2.24, 2.45) is 0 Å². The molecule has 2 aliphatic rings. The van der Waals surface area contributed by atoms with Crippen molar-refractivity contribution in [1.29, 1.82) is 0 Å². The maximum atomic E-state index is 3.77. The third-order valence-electron chi connectivity index (χ3n) is 5.23. The summed E-state index contributed by atoms with van der Waals surface area (Å²) in [5.74, 6) is 0. The van der Waals surface area contributed by atoms with Gasteiger partial charge in [0.15, 0.2) is 0 Å². The van der Waals surface area contributed by atoms with Crippen molar-refractivity contribution in [3.8, 4) is 0 Å². The fraction of sp³-hybridized carbons (Fsp3) is 0.667. The standard InChI is InChI=1S/C18H29N3/c1-15-14-17(9-12-20(15)2)19-10-5-11-21-13-8-16-6-3-4-7-18(16)21/h3-4,6-7,15,17,19H,5,8-14H2,1-2H3. The summed E-state index contributed by atoms with van der Waals surface area (Å²) >= 11 is 0. The lowest BCUT2D eigenvalue weighted by atomic mass is 9.99. The molecule has 2 atom stereocenters. The van der Waals surface area contributed by atoms with Crippen LogP contribution in [0.5, 0.6) is 0 Å². The molecule has 3 rings (SSSR count). The van der Waals surface area contributed by atoms with Crippen molar-refractivity contribution < 1.29 is 0 Å². The zero-order valence-electron chi connectivity index (χ0n) is 13.5. The SMILES string of the molecule is CC1CC(NCCCN2CCc3ccccc32)CCN1C. The van der Waals surface area contributed by atoms with Crippen molar-refractivity contribution in [3.05, 3.63) is 29.8 Å². The molecular formula is C18H29N3. The second-order valence-corrected chi connectivity index (χ2v) is 6.72. The van der Waals surface area contributed by atoms with Gasteiger partial charge in [0, 0.05) is 30.9 Å². The van der Waals surface area contributed by atoms with Gasteiger partial charge in [-0.3, -0.25) is 0 Å². The number of piperidine rings is 1. The number of benzene rings is 1. The summed E-state index contributed by atoms with van der Waals surface area (Å²) in [6.45, 7) is 7.11. The second-order valence-electron chi connectivity index (χ2n) is 6.72. The number of fused-ring (bicyclic) bond motifs is 1. The van der Waals surface area contributed by atoms with E-state index in [9.17, 15) is 0 Å². The van der Waals surface area contributed by atoms with Crippen LogP contribution in [0.2, 0.25) is 0 Å². The van der Waals surface area contributed by atoms with Crippen LogP contribution < -0.4 is 10.2 Å². The summed E-state index contributed by atoms with van der Waals surface area (Å²) in [5.41, 5.74) is 2.99. The number of likely N-dealkylation sites (tertiary alicyclic amines) is 1. The first-order valence-electron chi connectivity index (χ1n) is 8.50. The molecule has 0 aromatic heterocycles. The third kappa shape index (κ3) is 3.58. The first-order chi connectivity index (χ1) is 10.2. The average Bonchev–Trinajstić information content (AvgIpc) is 2.91. The summed E-state index contributed by atoms with van der Waals surface area (Å²) in [4.78, 5) is 5.02. The fourth-order valence-corrected chi connectivity index (χ4v) is 3.69. The van der Waals surface area contributed by atoms with Crippen LogP contribution in [0.25, 0.3) is 0 Å². The van der Waals surface area contributed by atoms with E-state index in [-0.39, 0.29) is 0 Å². The molecule has 1 fully saturated rings. The quantitative estimate of drug-likeness (QED) is 0.840. The van der Waals surface area contributed by atoms with Crippen LogP contribution in [0.1, 0.15) is 31.7 Å². The molecule has 0 saturated carbocycles. The Balaban J connectivity index is 1.38. The number of anilines is 1. The molecule has 0 radical (unpaired) electrons. The Kier molecular flexibility index (Phi) is 4.81. The van der Waals surface area contributed by atoms with Crippen LogP contribution in [-0.2, 0) is 6.42 Å². The number of hydrogen-bond acceptors (Lipinski definition) is 3. The lowest BCUT2D eigenvalue weighted by molar-refractivity contribution is 0.169. The van der Waals surface area contributed by atoms with E-state index in [4.69, 9.17) is 0 Å². The van der Waals surface area contributed by atoms with Gasteiger partial charge in [0.25, 0.3) is 0 Å². The monoisotopic (exact) mass is 287 g/mol. The summed E-state index contributed by atoms with van der Waals surface area (Å²) < 4.78 is 0. The van der Waals surface area contributed by atoms with Crippen molar-refractivity contribution in [1.82, 2.24) is 10.2 Å². The number of para-hydroxylation sites is 1. The van der Waals surface area contributed by atoms with Crippen LogP contribution in [0.15, 0.2) is 24.3 Å². The molecule has 2 aliphatic heterocycles. The van der Waals surface area contributed by atoms with Crippen molar-refractivity contribution in [2.45, 2.75) is 44.7 Å². The highest BCUT2D eigenvalue weighted by molar-refractivity contribution is 5.57. The predicted octanol–water partition coefficient (Wildman–Crippen LogP) is 2.51. The Hall–Kier alpha value is -1.06. The van der Waals surface area contributed by atoms with Crippen LogP contribution in [0.3, 0.4) is 0 Å². The summed E-state index contributed by atoms with van der Waals surface area (Å²) in [7, 11) is 2.24. The largest absolute Gasteiger partial charge is 0.371 e. The van der Waals surface area contributed by atoms with E-state index in [1.807, 2.05) is 0 Å². The van der Waals surface area contributed by atoms with E-state index in [0.717, 1.165) is 18.6 Å². The van der Waals surface area contributed by atoms with Gasteiger partial charge in [0.2, 0.25) is 0 Å². The highest BCUT2D eigenvalue weighted by Crippen LogP contribution is 2.27. The first-order valence-corrected chi connectivity index (χ1v) is 8.50. The average molecular weight is 287 g/mol. The van der Waals surface area contributed by atoms with E-state index in [0.29, 0.717) is 0 Å². The van der Waals surface area contributed by atoms with Gasteiger partial charge in [-0.2, -0.15) is 0 Å². The molecule has 1 aromatic rings. The molecule has 1 N–H and O–H groups in total. The zero-order valence-corrected chi connectivity index (χ0v) is 13.5. The molecule has 21 heavy (non-hydrogen) atoms. The molecular weight excluding hydrogens is 258 g/mol.